The van der Waals surface area contributed by atoms with E-state index in [-0.39, 0.29) is 5.91 Å². The third kappa shape index (κ3) is 4.38. The van der Waals surface area contributed by atoms with Gasteiger partial charge < -0.3 is 5.32 Å². The lowest BCUT2D eigenvalue weighted by Crippen LogP contribution is -2.07. The number of hydrogen-bond donors (Lipinski definition) is 1. The van der Waals surface area contributed by atoms with Crippen molar-refractivity contribution in [1.29, 1.82) is 0 Å². The van der Waals surface area contributed by atoms with Crippen molar-refractivity contribution < 1.29 is 4.79 Å². The van der Waals surface area contributed by atoms with Gasteiger partial charge in [0.2, 0.25) is 5.91 Å². The van der Waals surface area contributed by atoms with E-state index in [0.29, 0.717) is 0 Å². The summed E-state index contributed by atoms with van der Waals surface area (Å²) in [6.45, 7) is 0. The van der Waals surface area contributed by atoms with Crippen LogP contribution in [0.15, 0.2) is 60.7 Å². The molecule has 0 fully saturated rings. The molecule has 3 heteroatoms. The summed E-state index contributed by atoms with van der Waals surface area (Å²) in [5.41, 5.74) is 2.98. The van der Waals surface area contributed by atoms with Gasteiger partial charge in [-0.1, -0.05) is 58.4 Å². The molecule has 0 aliphatic carbocycles. The van der Waals surface area contributed by atoms with E-state index in [4.69, 9.17) is 0 Å². The van der Waals surface area contributed by atoms with Gasteiger partial charge in [-0.25, -0.2) is 0 Å². The highest BCUT2D eigenvalue weighted by molar-refractivity contribution is 9.08. The van der Waals surface area contributed by atoms with Crippen LogP contribution in [-0.2, 0) is 10.1 Å². The normalized spacial score (nSPS) is 10.6. The molecule has 0 heterocycles. The first-order valence-corrected chi connectivity index (χ1v) is 7.09. The van der Waals surface area contributed by atoms with E-state index in [0.717, 1.165) is 16.6 Å². The zero-order valence-corrected chi connectivity index (χ0v) is 11.9. The Hall–Kier alpha value is -1.87. The summed E-state index contributed by atoms with van der Waals surface area (Å²) in [7, 11) is 0. The summed E-state index contributed by atoms with van der Waals surface area (Å²) < 4.78 is 0. The Morgan fingerprint density at radius 3 is 2.37 bits per heavy atom. The molecule has 96 valence electrons. The number of rotatable bonds is 4. The van der Waals surface area contributed by atoms with Crippen molar-refractivity contribution in [1.82, 2.24) is 0 Å². The van der Waals surface area contributed by atoms with Gasteiger partial charge in [-0.2, -0.15) is 0 Å². The molecule has 2 nitrogen and oxygen atoms in total. The maximum atomic E-state index is 11.7. The van der Waals surface area contributed by atoms with Crippen molar-refractivity contribution in [3.8, 4) is 0 Å². The molecule has 0 aliphatic rings. The number of alkyl halides is 1. The van der Waals surface area contributed by atoms with Crippen LogP contribution in [0.5, 0.6) is 0 Å². The molecule has 0 saturated heterocycles. The predicted octanol–water partition coefficient (Wildman–Crippen LogP) is 4.23. The molecule has 0 bridgehead atoms. The lowest BCUT2D eigenvalue weighted by molar-refractivity contribution is -0.111. The molecule has 2 rings (SSSR count). The number of nitrogens with one attached hydrogen (secondary N) is 1. The van der Waals surface area contributed by atoms with E-state index in [1.807, 2.05) is 54.6 Å². The van der Waals surface area contributed by atoms with E-state index in [9.17, 15) is 4.79 Å². The highest BCUT2D eigenvalue weighted by atomic mass is 79.9. The summed E-state index contributed by atoms with van der Waals surface area (Å²) in [4.78, 5) is 11.7. The fourth-order valence-electron chi connectivity index (χ4n) is 1.60. The summed E-state index contributed by atoms with van der Waals surface area (Å²) in [6.07, 6.45) is 3.33. The fraction of sp³-hybridized carbons (Fsp3) is 0.0625. The monoisotopic (exact) mass is 315 g/mol. The van der Waals surface area contributed by atoms with Crippen molar-refractivity contribution in [2.24, 2.45) is 0 Å². The molecule has 2 aromatic rings. The Balaban J connectivity index is 1.95. The van der Waals surface area contributed by atoms with Crippen LogP contribution in [0.2, 0.25) is 0 Å². The van der Waals surface area contributed by atoms with Crippen LogP contribution in [-0.4, -0.2) is 5.91 Å². The van der Waals surface area contributed by atoms with Crippen LogP contribution in [0.4, 0.5) is 5.69 Å². The zero-order chi connectivity index (χ0) is 13.5. The Morgan fingerprint density at radius 1 is 1.05 bits per heavy atom. The molecule has 0 spiro atoms. The van der Waals surface area contributed by atoms with E-state index in [2.05, 4.69) is 21.2 Å². The molecule has 0 aromatic heterocycles. The number of hydrogen-bond acceptors (Lipinski definition) is 1. The topological polar surface area (TPSA) is 29.1 Å². The maximum Gasteiger partial charge on any atom is 0.248 e. The van der Waals surface area contributed by atoms with Crippen LogP contribution in [0.25, 0.3) is 6.08 Å². The molecule has 19 heavy (non-hydrogen) atoms. The van der Waals surface area contributed by atoms with Crippen LogP contribution < -0.4 is 5.32 Å². The average molecular weight is 316 g/mol. The minimum atomic E-state index is -0.129. The number of halogens is 1. The third-order valence-electron chi connectivity index (χ3n) is 2.60. The Morgan fingerprint density at radius 2 is 1.74 bits per heavy atom. The molecular formula is C16H14BrNO. The molecule has 0 aliphatic heterocycles. The van der Waals surface area contributed by atoms with Crippen molar-refractivity contribution in [2.45, 2.75) is 5.33 Å². The molecule has 0 saturated carbocycles. The first kappa shape index (κ1) is 13.6. The number of anilines is 1. The number of carbonyl (C=O) groups excluding carboxylic acids is 1. The summed E-state index contributed by atoms with van der Waals surface area (Å²) in [5, 5.41) is 3.64. The van der Waals surface area contributed by atoms with Gasteiger partial charge in [-0.05, 0) is 29.3 Å². The summed E-state index contributed by atoms with van der Waals surface area (Å²) in [6, 6.07) is 17.5. The molecule has 0 atom stereocenters. The highest BCUT2D eigenvalue weighted by Gasteiger charge is 1.97. The number of amides is 1. The highest BCUT2D eigenvalue weighted by Crippen LogP contribution is 2.12. The van der Waals surface area contributed by atoms with Gasteiger partial charge in [0.1, 0.15) is 0 Å². The van der Waals surface area contributed by atoms with E-state index < -0.39 is 0 Å². The smallest absolute Gasteiger partial charge is 0.248 e. The van der Waals surface area contributed by atoms with Crippen LogP contribution >= 0.6 is 15.9 Å². The van der Waals surface area contributed by atoms with E-state index >= 15 is 0 Å². The van der Waals surface area contributed by atoms with Crippen LogP contribution in [0.3, 0.4) is 0 Å². The quantitative estimate of drug-likeness (QED) is 0.663. The Bertz CT molecular complexity index is 561. The minimum absolute atomic E-state index is 0.129. The largest absolute Gasteiger partial charge is 0.323 e. The number of benzene rings is 2. The molecular weight excluding hydrogens is 302 g/mol. The predicted molar refractivity (Wildman–Crippen MR) is 83.2 cm³/mol. The van der Waals surface area contributed by atoms with Gasteiger partial charge in [0, 0.05) is 17.1 Å². The van der Waals surface area contributed by atoms with Crippen molar-refractivity contribution in [3.05, 3.63) is 71.8 Å². The zero-order valence-electron chi connectivity index (χ0n) is 10.3. The lowest BCUT2D eigenvalue weighted by atomic mass is 10.2. The standard InChI is InChI=1S/C16H14BrNO/c17-12-14-6-9-15(10-7-14)18-16(19)11-8-13-4-2-1-3-5-13/h1-11H,12H2,(H,18,19). The van der Waals surface area contributed by atoms with Crippen molar-refractivity contribution in [3.63, 3.8) is 0 Å². The third-order valence-corrected chi connectivity index (χ3v) is 3.25. The van der Waals surface area contributed by atoms with E-state index in [1.54, 1.807) is 6.08 Å². The second-order valence-electron chi connectivity index (χ2n) is 4.06. The maximum absolute atomic E-state index is 11.7. The van der Waals surface area contributed by atoms with Gasteiger partial charge >= 0.3 is 0 Å². The van der Waals surface area contributed by atoms with Gasteiger partial charge in [-0.15, -0.1) is 0 Å². The molecule has 1 amide bonds. The van der Waals surface area contributed by atoms with Crippen molar-refractivity contribution >= 4 is 33.6 Å². The average Bonchev–Trinajstić information content (AvgIpc) is 2.47. The fourth-order valence-corrected chi connectivity index (χ4v) is 1.97. The number of carbonyl (C=O) groups is 1. The lowest BCUT2D eigenvalue weighted by Gasteiger charge is -2.02. The van der Waals surface area contributed by atoms with Crippen LogP contribution in [0, 0.1) is 0 Å². The van der Waals surface area contributed by atoms with Crippen molar-refractivity contribution in [2.75, 3.05) is 5.32 Å². The first-order chi connectivity index (χ1) is 9.28. The van der Waals surface area contributed by atoms with Gasteiger partial charge in [0.05, 0.1) is 0 Å². The molecule has 0 unspecified atom stereocenters. The first-order valence-electron chi connectivity index (χ1n) is 5.97. The van der Waals surface area contributed by atoms with Gasteiger partial charge in [0.15, 0.2) is 0 Å². The Labute approximate surface area is 121 Å². The second-order valence-corrected chi connectivity index (χ2v) is 4.62. The van der Waals surface area contributed by atoms with Gasteiger partial charge in [-0.3, -0.25) is 4.79 Å². The second kappa shape index (κ2) is 6.90. The van der Waals surface area contributed by atoms with Crippen LogP contribution in [0.1, 0.15) is 11.1 Å². The molecule has 0 radical (unpaired) electrons. The molecule has 2 aromatic carbocycles. The van der Waals surface area contributed by atoms with Gasteiger partial charge in [0.25, 0.3) is 0 Å². The minimum Gasteiger partial charge on any atom is -0.323 e. The SMILES string of the molecule is O=C(C=Cc1ccccc1)Nc1ccc(CBr)cc1. The molecule has 1 N–H and O–H groups in total. The summed E-state index contributed by atoms with van der Waals surface area (Å²) in [5.74, 6) is -0.129. The Kier molecular flexibility index (Phi) is 4.93. The summed E-state index contributed by atoms with van der Waals surface area (Å²) >= 11 is 3.39. The van der Waals surface area contributed by atoms with E-state index in [1.165, 1.54) is 11.6 Å².